The first-order valence-electron chi connectivity index (χ1n) is 14.8. The van der Waals surface area contributed by atoms with Crippen molar-refractivity contribution in [3.8, 4) is 0 Å². The molecule has 200 valence electrons. The third kappa shape index (κ3) is 6.83. The molecule has 2 amide bonds. The largest absolute Gasteiger partial charge is 0.325 e. The van der Waals surface area contributed by atoms with Gasteiger partial charge in [-0.1, -0.05) is 76.6 Å². The van der Waals surface area contributed by atoms with Gasteiger partial charge in [0.2, 0.25) is 11.8 Å². The van der Waals surface area contributed by atoms with Crippen molar-refractivity contribution in [2.45, 2.75) is 111 Å². The van der Waals surface area contributed by atoms with Gasteiger partial charge in [-0.15, -0.1) is 0 Å². The van der Waals surface area contributed by atoms with Crippen LogP contribution in [0.2, 0.25) is 0 Å². The summed E-state index contributed by atoms with van der Waals surface area (Å²) in [5.41, 5.74) is 9.26. The summed E-state index contributed by atoms with van der Waals surface area (Å²) in [5.74, 6) is 0.703. The van der Waals surface area contributed by atoms with Crippen LogP contribution in [0, 0.1) is 25.7 Å². The molecular formula is C33H46N2O2. The molecule has 2 aliphatic rings. The SMILES string of the molecule is CCc1cc(Cc2cc(C)c(NC(=O)C3CCCCC3)c(CC)c2)cc(C)c1NC(=O)C1CCCCC1. The normalized spacial score (nSPS) is 17.0. The van der Waals surface area contributed by atoms with Crippen LogP contribution in [-0.2, 0) is 28.9 Å². The highest BCUT2D eigenvalue weighted by Crippen LogP contribution is 2.31. The summed E-state index contributed by atoms with van der Waals surface area (Å²) in [4.78, 5) is 25.9. The first kappa shape index (κ1) is 27.4. The molecule has 2 aromatic carbocycles. The summed E-state index contributed by atoms with van der Waals surface area (Å²) in [6, 6.07) is 9.00. The van der Waals surface area contributed by atoms with Crippen LogP contribution in [0.25, 0.3) is 0 Å². The second kappa shape index (κ2) is 12.8. The number of hydrogen-bond donors (Lipinski definition) is 2. The summed E-state index contributed by atoms with van der Waals surface area (Å²) in [6.07, 6.45) is 13.9. The van der Waals surface area contributed by atoms with Gasteiger partial charge in [-0.25, -0.2) is 0 Å². The van der Waals surface area contributed by atoms with Gasteiger partial charge in [0.1, 0.15) is 0 Å². The molecule has 4 rings (SSSR count). The van der Waals surface area contributed by atoms with Crippen molar-refractivity contribution in [2.24, 2.45) is 11.8 Å². The Hall–Kier alpha value is -2.62. The van der Waals surface area contributed by atoms with E-state index in [0.717, 1.165) is 67.4 Å². The van der Waals surface area contributed by atoms with Crippen molar-refractivity contribution in [1.82, 2.24) is 0 Å². The van der Waals surface area contributed by atoms with E-state index in [1.807, 2.05) is 0 Å². The molecule has 0 atom stereocenters. The number of nitrogens with one attached hydrogen (secondary N) is 2. The zero-order valence-electron chi connectivity index (χ0n) is 23.5. The molecule has 0 radical (unpaired) electrons. The van der Waals surface area contributed by atoms with E-state index in [4.69, 9.17) is 0 Å². The van der Waals surface area contributed by atoms with Gasteiger partial charge in [0.15, 0.2) is 0 Å². The van der Waals surface area contributed by atoms with E-state index in [1.54, 1.807) is 0 Å². The third-order valence-corrected chi connectivity index (χ3v) is 8.57. The van der Waals surface area contributed by atoms with Crippen LogP contribution < -0.4 is 10.6 Å². The Kier molecular flexibility index (Phi) is 9.45. The van der Waals surface area contributed by atoms with Crippen LogP contribution in [-0.4, -0.2) is 11.8 Å². The van der Waals surface area contributed by atoms with Gasteiger partial charge in [0.05, 0.1) is 0 Å². The van der Waals surface area contributed by atoms with Crippen LogP contribution in [0.1, 0.15) is 111 Å². The average molecular weight is 503 g/mol. The molecular weight excluding hydrogens is 456 g/mol. The highest BCUT2D eigenvalue weighted by Gasteiger charge is 2.24. The smallest absolute Gasteiger partial charge is 0.227 e. The second-order valence-corrected chi connectivity index (χ2v) is 11.4. The molecule has 0 unspecified atom stereocenters. The number of aryl methyl sites for hydroxylation is 4. The summed E-state index contributed by atoms with van der Waals surface area (Å²) < 4.78 is 0. The lowest BCUT2D eigenvalue weighted by atomic mass is 9.88. The summed E-state index contributed by atoms with van der Waals surface area (Å²) in [5, 5.41) is 6.58. The van der Waals surface area contributed by atoms with E-state index in [0.29, 0.717) is 0 Å². The van der Waals surface area contributed by atoms with E-state index in [1.165, 1.54) is 60.8 Å². The van der Waals surface area contributed by atoms with E-state index in [-0.39, 0.29) is 23.7 Å². The molecule has 0 aliphatic heterocycles. The number of carbonyl (C=O) groups is 2. The number of hydrogen-bond acceptors (Lipinski definition) is 2. The van der Waals surface area contributed by atoms with Crippen LogP contribution >= 0.6 is 0 Å². The zero-order valence-corrected chi connectivity index (χ0v) is 23.5. The fourth-order valence-electron chi connectivity index (χ4n) is 6.42. The Balaban J connectivity index is 1.50. The topological polar surface area (TPSA) is 58.2 Å². The molecule has 2 saturated carbocycles. The van der Waals surface area contributed by atoms with Gasteiger partial charge >= 0.3 is 0 Å². The maximum Gasteiger partial charge on any atom is 0.227 e. The molecule has 2 N–H and O–H groups in total. The predicted molar refractivity (Wildman–Crippen MR) is 154 cm³/mol. The van der Waals surface area contributed by atoms with Crippen molar-refractivity contribution in [1.29, 1.82) is 0 Å². The van der Waals surface area contributed by atoms with Crippen molar-refractivity contribution < 1.29 is 9.59 Å². The maximum absolute atomic E-state index is 12.9. The van der Waals surface area contributed by atoms with E-state index >= 15 is 0 Å². The lowest BCUT2D eigenvalue weighted by Crippen LogP contribution is -2.25. The van der Waals surface area contributed by atoms with Crippen LogP contribution in [0.5, 0.6) is 0 Å². The Morgan fingerprint density at radius 3 is 1.38 bits per heavy atom. The number of anilines is 2. The first-order chi connectivity index (χ1) is 17.9. The van der Waals surface area contributed by atoms with Gasteiger partial charge in [-0.05, 0) is 92.2 Å². The minimum atomic E-state index is 0.157. The van der Waals surface area contributed by atoms with E-state index in [9.17, 15) is 9.59 Å². The van der Waals surface area contributed by atoms with Crippen molar-refractivity contribution >= 4 is 23.2 Å². The molecule has 4 heteroatoms. The third-order valence-electron chi connectivity index (χ3n) is 8.57. The highest BCUT2D eigenvalue weighted by atomic mass is 16.2. The first-order valence-corrected chi connectivity index (χ1v) is 14.8. The van der Waals surface area contributed by atoms with Gasteiger partial charge in [-0.3, -0.25) is 9.59 Å². The lowest BCUT2D eigenvalue weighted by Gasteiger charge is -2.23. The van der Waals surface area contributed by atoms with Crippen LogP contribution in [0.3, 0.4) is 0 Å². The highest BCUT2D eigenvalue weighted by molar-refractivity contribution is 5.95. The van der Waals surface area contributed by atoms with Gasteiger partial charge in [-0.2, -0.15) is 0 Å². The van der Waals surface area contributed by atoms with Gasteiger partial charge in [0.25, 0.3) is 0 Å². The number of rotatable bonds is 8. The Morgan fingerprint density at radius 1 is 0.649 bits per heavy atom. The molecule has 2 fully saturated rings. The Morgan fingerprint density at radius 2 is 1.03 bits per heavy atom. The van der Waals surface area contributed by atoms with Crippen LogP contribution in [0.15, 0.2) is 24.3 Å². The minimum absolute atomic E-state index is 0.157. The van der Waals surface area contributed by atoms with Gasteiger partial charge < -0.3 is 10.6 Å². The van der Waals surface area contributed by atoms with Crippen molar-refractivity contribution in [3.63, 3.8) is 0 Å². The van der Waals surface area contributed by atoms with Crippen molar-refractivity contribution in [2.75, 3.05) is 10.6 Å². The quantitative estimate of drug-likeness (QED) is 0.383. The molecule has 2 aliphatic carbocycles. The van der Waals surface area contributed by atoms with E-state index in [2.05, 4.69) is 62.6 Å². The molecule has 0 aromatic heterocycles. The fraction of sp³-hybridized carbons (Fsp3) is 0.576. The molecule has 0 spiro atoms. The van der Waals surface area contributed by atoms with Crippen molar-refractivity contribution in [3.05, 3.63) is 57.6 Å². The summed E-state index contributed by atoms with van der Waals surface area (Å²) in [7, 11) is 0. The van der Waals surface area contributed by atoms with E-state index < -0.39 is 0 Å². The minimum Gasteiger partial charge on any atom is -0.325 e. The molecule has 0 saturated heterocycles. The molecule has 2 aromatic rings. The number of amides is 2. The monoisotopic (exact) mass is 502 g/mol. The molecule has 37 heavy (non-hydrogen) atoms. The summed E-state index contributed by atoms with van der Waals surface area (Å²) >= 11 is 0. The lowest BCUT2D eigenvalue weighted by molar-refractivity contribution is -0.121. The number of carbonyl (C=O) groups excluding carboxylic acids is 2. The van der Waals surface area contributed by atoms with Gasteiger partial charge in [0, 0.05) is 23.2 Å². The molecule has 0 heterocycles. The Bertz CT molecular complexity index is 1020. The standard InChI is InChI=1S/C33H46N2O2/c1-5-26-20-24(17-22(3)30(26)34-32(36)28-13-9-7-10-14-28)19-25-18-23(4)31(27(6-2)21-25)35-33(37)29-15-11-8-12-16-29/h17-18,20-21,28-29H,5-16,19H2,1-4H3,(H,34,36)(H,35,37). The Labute approximate surface area is 224 Å². The fourth-order valence-corrected chi connectivity index (χ4v) is 6.42. The molecule has 0 bridgehead atoms. The number of benzene rings is 2. The predicted octanol–water partition coefficient (Wildman–Crippen LogP) is 8.06. The molecule has 4 nitrogen and oxygen atoms in total. The zero-order chi connectivity index (χ0) is 26.4. The van der Waals surface area contributed by atoms with Crippen LogP contribution in [0.4, 0.5) is 11.4 Å². The second-order valence-electron chi connectivity index (χ2n) is 11.4. The average Bonchev–Trinajstić information content (AvgIpc) is 2.92. The maximum atomic E-state index is 12.9. The summed E-state index contributed by atoms with van der Waals surface area (Å²) in [6.45, 7) is 8.56.